The predicted molar refractivity (Wildman–Crippen MR) is 79.9 cm³/mol. The van der Waals surface area contributed by atoms with E-state index in [2.05, 4.69) is 21.2 Å². The molecular formula is C14H13BrN2O3. The third kappa shape index (κ3) is 3.71. The fourth-order valence-corrected chi connectivity index (χ4v) is 2.15. The van der Waals surface area contributed by atoms with E-state index in [0.29, 0.717) is 10.2 Å². The quantitative estimate of drug-likeness (QED) is 0.930. The van der Waals surface area contributed by atoms with Crippen molar-refractivity contribution in [3.63, 3.8) is 0 Å². The number of halogens is 1. The normalized spacial score (nSPS) is 10.1. The Morgan fingerprint density at radius 2 is 2.05 bits per heavy atom. The van der Waals surface area contributed by atoms with Crippen LogP contribution in [0, 0.1) is 0 Å². The Balaban J connectivity index is 2.00. The number of nitrogens with one attached hydrogen (secondary N) is 1. The van der Waals surface area contributed by atoms with Crippen molar-refractivity contribution >= 4 is 27.5 Å². The van der Waals surface area contributed by atoms with Crippen LogP contribution < -0.4 is 15.6 Å². The molecule has 1 N–H and O–H groups in total. The van der Waals surface area contributed by atoms with E-state index in [9.17, 15) is 9.59 Å². The zero-order chi connectivity index (χ0) is 14.5. The maximum absolute atomic E-state index is 11.8. The van der Waals surface area contributed by atoms with E-state index >= 15 is 0 Å². The molecule has 2 rings (SSSR count). The second kappa shape index (κ2) is 6.38. The third-order valence-electron chi connectivity index (χ3n) is 2.54. The van der Waals surface area contributed by atoms with Crippen LogP contribution >= 0.6 is 15.9 Å². The summed E-state index contributed by atoms with van der Waals surface area (Å²) in [5.41, 5.74) is -0.0650. The summed E-state index contributed by atoms with van der Waals surface area (Å²) in [7, 11) is 1.61. The van der Waals surface area contributed by atoms with Gasteiger partial charge >= 0.3 is 0 Å². The SMILES string of the molecule is Cn1cc(Br)cc(NC(=O)COc2ccccc2)c1=O. The van der Waals surface area contributed by atoms with Crippen LogP contribution in [-0.4, -0.2) is 17.1 Å². The van der Waals surface area contributed by atoms with Crippen molar-refractivity contribution in [2.75, 3.05) is 11.9 Å². The van der Waals surface area contributed by atoms with Gasteiger partial charge < -0.3 is 14.6 Å². The molecule has 0 aliphatic rings. The molecule has 0 unspecified atom stereocenters. The van der Waals surface area contributed by atoms with E-state index in [0.717, 1.165) is 0 Å². The van der Waals surface area contributed by atoms with E-state index in [-0.39, 0.29) is 23.8 Å². The summed E-state index contributed by atoms with van der Waals surface area (Å²) in [5, 5.41) is 2.53. The minimum Gasteiger partial charge on any atom is -0.484 e. The largest absolute Gasteiger partial charge is 0.484 e. The van der Waals surface area contributed by atoms with Crippen LogP contribution in [-0.2, 0) is 11.8 Å². The summed E-state index contributed by atoms with van der Waals surface area (Å²) in [6.07, 6.45) is 1.62. The molecule has 0 aliphatic heterocycles. The van der Waals surface area contributed by atoms with Gasteiger partial charge in [0.15, 0.2) is 6.61 Å². The first kappa shape index (κ1) is 14.3. The molecule has 0 aliphatic carbocycles. The highest BCUT2D eigenvalue weighted by Gasteiger charge is 2.08. The average molecular weight is 337 g/mol. The number of carbonyl (C=O) groups is 1. The lowest BCUT2D eigenvalue weighted by Crippen LogP contribution is -2.27. The van der Waals surface area contributed by atoms with Gasteiger partial charge in [0.2, 0.25) is 0 Å². The van der Waals surface area contributed by atoms with Gasteiger partial charge in [-0.05, 0) is 34.1 Å². The van der Waals surface area contributed by atoms with Crippen molar-refractivity contribution in [3.8, 4) is 5.75 Å². The summed E-state index contributed by atoms with van der Waals surface area (Å²) in [5.74, 6) is 0.217. The number of ether oxygens (including phenoxy) is 1. The first-order chi connectivity index (χ1) is 9.56. The number of rotatable bonds is 4. The van der Waals surface area contributed by atoms with Crippen LogP contribution in [0.3, 0.4) is 0 Å². The Bertz CT molecular complexity index is 668. The third-order valence-corrected chi connectivity index (χ3v) is 2.97. The molecule has 5 nitrogen and oxygen atoms in total. The van der Waals surface area contributed by atoms with Gasteiger partial charge in [-0.1, -0.05) is 18.2 Å². The van der Waals surface area contributed by atoms with Crippen LogP contribution in [0.25, 0.3) is 0 Å². The molecule has 2 aromatic rings. The number of anilines is 1. The minimum absolute atomic E-state index is 0.153. The van der Waals surface area contributed by atoms with E-state index < -0.39 is 0 Å². The molecule has 6 heteroatoms. The van der Waals surface area contributed by atoms with Gasteiger partial charge in [0.25, 0.3) is 11.5 Å². The lowest BCUT2D eigenvalue weighted by molar-refractivity contribution is -0.118. The summed E-state index contributed by atoms with van der Waals surface area (Å²) in [6, 6.07) is 10.6. The molecule has 0 fully saturated rings. The zero-order valence-electron chi connectivity index (χ0n) is 10.8. The van der Waals surface area contributed by atoms with Gasteiger partial charge in [-0.25, -0.2) is 0 Å². The minimum atomic E-state index is -0.385. The highest BCUT2D eigenvalue weighted by molar-refractivity contribution is 9.10. The first-order valence-corrected chi connectivity index (χ1v) is 6.69. The second-order valence-corrected chi connectivity index (χ2v) is 5.05. The van der Waals surface area contributed by atoms with Crippen molar-refractivity contribution in [1.29, 1.82) is 0 Å². The van der Waals surface area contributed by atoms with Gasteiger partial charge in [0, 0.05) is 17.7 Å². The number of aromatic nitrogens is 1. The molecule has 0 saturated heterocycles. The fourth-order valence-electron chi connectivity index (χ4n) is 1.61. The smallest absolute Gasteiger partial charge is 0.274 e. The lowest BCUT2D eigenvalue weighted by atomic mass is 10.3. The number of nitrogens with zero attached hydrogens (tertiary/aromatic N) is 1. The molecule has 1 aromatic heterocycles. The number of hydrogen-bond donors (Lipinski definition) is 1. The molecule has 1 heterocycles. The maximum Gasteiger partial charge on any atom is 0.274 e. The second-order valence-electron chi connectivity index (χ2n) is 4.14. The highest BCUT2D eigenvalue weighted by atomic mass is 79.9. The number of aryl methyl sites for hydroxylation is 1. The van der Waals surface area contributed by atoms with Crippen molar-refractivity contribution in [2.45, 2.75) is 0 Å². The van der Waals surface area contributed by atoms with Crippen LogP contribution in [0.1, 0.15) is 0 Å². The predicted octanol–water partition coefficient (Wildman–Crippen LogP) is 2.17. The van der Waals surface area contributed by atoms with Crippen molar-refractivity contribution in [2.24, 2.45) is 7.05 Å². The van der Waals surface area contributed by atoms with Crippen LogP contribution in [0.5, 0.6) is 5.75 Å². The van der Waals surface area contributed by atoms with E-state index in [1.165, 1.54) is 4.57 Å². The van der Waals surface area contributed by atoms with Crippen LogP contribution in [0.15, 0.2) is 51.9 Å². The Hall–Kier alpha value is -2.08. The summed E-state index contributed by atoms with van der Waals surface area (Å²) in [4.78, 5) is 23.6. The molecular weight excluding hydrogens is 324 g/mol. The molecule has 104 valence electrons. The number of para-hydroxylation sites is 1. The topological polar surface area (TPSA) is 60.3 Å². The highest BCUT2D eigenvalue weighted by Crippen LogP contribution is 2.12. The number of amides is 1. The van der Waals surface area contributed by atoms with Gasteiger partial charge in [-0.15, -0.1) is 0 Å². The van der Waals surface area contributed by atoms with Crippen molar-refractivity contribution in [1.82, 2.24) is 4.57 Å². The number of hydrogen-bond acceptors (Lipinski definition) is 3. The Kier molecular flexibility index (Phi) is 4.57. The van der Waals surface area contributed by atoms with Crippen molar-refractivity contribution in [3.05, 3.63) is 57.4 Å². The van der Waals surface area contributed by atoms with Gasteiger partial charge in [-0.3, -0.25) is 9.59 Å². The number of pyridine rings is 1. The van der Waals surface area contributed by atoms with Crippen LogP contribution in [0.4, 0.5) is 5.69 Å². The number of carbonyl (C=O) groups excluding carboxylic acids is 1. The van der Waals surface area contributed by atoms with Crippen LogP contribution in [0.2, 0.25) is 0 Å². The molecule has 1 aromatic carbocycles. The Morgan fingerprint density at radius 3 is 2.75 bits per heavy atom. The van der Waals surface area contributed by atoms with Gasteiger partial charge in [0.05, 0.1) is 0 Å². The Labute approximate surface area is 124 Å². The number of benzene rings is 1. The molecule has 0 spiro atoms. The lowest BCUT2D eigenvalue weighted by Gasteiger charge is -2.08. The fraction of sp³-hybridized carbons (Fsp3) is 0.143. The summed E-state index contributed by atoms with van der Waals surface area (Å²) in [6.45, 7) is -0.153. The van der Waals surface area contributed by atoms with E-state index in [4.69, 9.17) is 4.74 Å². The van der Waals surface area contributed by atoms with Gasteiger partial charge in [-0.2, -0.15) is 0 Å². The Morgan fingerprint density at radius 1 is 1.35 bits per heavy atom. The summed E-state index contributed by atoms with van der Waals surface area (Å²) >= 11 is 3.27. The molecule has 0 radical (unpaired) electrons. The molecule has 1 amide bonds. The maximum atomic E-state index is 11.8. The molecule has 0 bridgehead atoms. The summed E-state index contributed by atoms with van der Waals surface area (Å²) < 4.78 is 7.40. The van der Waals surface area contributed by atoms with E-state index in [1.807, 2.05) is 18.2 Å². The molecule has 0 saturated carbocycles. The monoisotopic (exact) mass is 336 g/mol. The van der Waals surface area contributed by atoms with Crippen molar-refractivity contribution < 1.29 is 9.53 Å². The molecule has 20 heavy (non-hydrogen) atoms. The molecule has 0 atom stereocenters. The van der Waals surface area contributed by atoms with E-state index in [1.54, 1.807) is 31.4 Å². The zero-order valence-corrected chi connectivity index (χ0v) is 12.4. The first-order valence-electron chi connectivity index (χ1n) is 5.90. The average Bonchev–Trinajstić information content (AvgIpc) is 2.43. The van der Waals surface area contributed by atoms with Gasteiger partial charge in [0.1, 0.15) is 11.4 Å². The standard InChI is InChI=1S/C14H13BrN2O3/c1-17-8-10(15)7-12(14(17)19)16-13(18)9-20-11-5-3-2-4-6-11/h2-8H,9H2,1H3,(H,16,18).